The maximum absolute atomic E-state index is 11.7. The number of carbonyl (C=O) groups excluding carboxylic acids is 3. The van der Waals surface area contributed by atoms with Crippen LogP contribution in [-0.2, 0) is 20.8 Å². The molecule has 2 atom stereocenters. The minimum absolute atomic E-state index is 0.103. The van der Waals surface area contributed by atoms with Gasteiger partial charge in [-0.3, -0.25) is 19.7 Å². The van der Waals surface area contributed by atoms with Crippen LogP contribution in [0.2, 0.25) is 0 Å². The second-order valence-corrected chi connectivity index (χ2v) is 8.07. The molecule has 1 heterocycles. The number of nitrogens with two attached hydrogens (primary N) is 1. The van der Waals surface area contributed by atoms with Gasteiger partial charge in [0.25, 0.3) is 11.1 Å². The number of thioether (sulfide) groups is 1. The molecule has 1 fully saturated rings. The van der Waals surface area contributed by atoms with Crippen LogP contribution >= 0.6 is 11.8 Å². The van der Waals surface area contributed by atoms with E-state index in [4.69, 9.17) is 10.5 Å². The van der Waals surface area contributed by atoms with Gasteiger partial charge in [-0.1, -0.05) is 24.3 Å². The zero-order valence-electron chi connectivity index (χ0n) is 17.0. The Morgan fingerprint density at radius 3 is 2.22 bits per heavy atom. The molecule has 9 nitrogen and oxygen atoms in total. The van der Waals surface area contributed by atoms with Gasteiger partial charge in [0.1, 0.15) is 17.5 Å². The molecule has 0 saturated carbocycles. The van der Waals surface area contributed by atoms with Crippen LogP contribution in [0.25, 0.3) is 6.08 Å². The standard InChI is InChI=1S/C22H21N3O6S/c1-12(23)19(26)24-17(21(28)29)10-13-2-6-15(7-3-13)31-16-8-4-14(5-9-16)11-18-20(27)25-22(30)32-18/h2-9,11-12,17H,10,23H2,1H3,(H,24,26)(H,28,29)(H,25,27,30)/b18-11+. The number of imide groups is 1. The molecule has 0 aromatic heterocycles. The summed E-state index contributed by atoms with van der Waals surface area (Å²) in [6.45, 7) is 1.48. The van der Waals surface area contributed by atoms with Gasteiger partial charge in [-0.25, -0.2) is 4.79 Å². The van der Waals surface area contributed by atoms with E-state index in [1.165, 1.54) is 6.92 Å². The lowest BCUT2D eigenvalue weighted by Gasteiger charge is -2.16. The lowest BCUT2D eigenvalue weighted by Crippen LogP contribution is -2.48. The highest BCUT2D eigenvalue weighted by Crippen LogP contribution is 2.27. The Kier molecular flexibility index (Phi) is 7.29. The van der Waals surface area contributed by atoms with Crippen LogP contribution in [0.4, 0.5) is 4.79 Å². The van der Waals surface area contributed by atoms with Gasteiger partial charge in [0.2, 0.25) is 5.91 Å². The van der Waals surface area contributed by atoms with E-state index in [1.807, 2.05) is 0 Å². The molecule has 3 rings (SSSR count). The van der Waals surface area contributed by atoms with E-state index in [0.717, 1.165) is 17.3 Å². The minimum atomic E-state index is -1.15. The Labute approximate surface area is 188 Å². The largest absolute Gasteiger partial charge is 0.480 e. The lowest BCUT2D eigenvalue weighted by molar-refractivity contribution is -0.141. The van der Waals surface area contributed by atoms with E-state index < -0.39 is 35.1 Å². The summed E-state index contributed by atoms with van der Waals surface area (Å²) in [6.07, 6.45) is 1.72. The van der Waals surface area contributed by atoms with Crippen LogP contribution in [0.1, 0.15) is 18.1 Å². The molecule has 166 valence electrons. The van der Waals surface area contributed by atoms with Gasteiger partial charge in [-0.15, -0.1) is 0 Å². The normalized spacial score (nSPS) is 16.4. The van der Waals surface area contributed by atoms with Gasteiger partial charge >= 0.3 is 5.97 Å². The van der Waals surface area contributed by atoms with Gasteiger partial charge in [0, 0.05) is 6.42 Å². The molecule has 0 spiro atoms. The molecule has 0 aliphatic carbocycles. The van der Waals surface area contributed by atoms with Crippen molar-refractivity contribution in [2.24, 2.45) is 5.73 Å². The molecule has 1 aliphatic heterocycles. The molecule has 1 aliphatic rings. The lowest BCUT2D eigenvalue weighted by atomic mass is 10.1. The summed E-state index contributed by atoms with van der Waals surface area (Å²) in [5.74, 6) is -0.986. The van der Waals surface area contributed by atoms with Crippen molar-refractivity contribution < 1.29 is 29.0 Å². The predicted octanol–water partition coefficient (Wildman–Crippen LogP) is 2.26. The fourth-order valence-corrected chi connectivity index (χ4v) is 3.46. The first kappa shape index (κ1) is 23.0. The van der Waals surface area contributed by atoms with E-state index >= 15 is 0 Å². The summed E-state index contributed by atoms with van der Waals surface area (Å²) in [4.78, 5) is 46.3. The maximum Gasteiger partial charge on any atom is 0.326 e. The topological polar surface area (TPSA) is 148 Å². The number of rotatable bonds is 8. The fraction of sp³-hybridized carbons (Fsp3) is 0.182. The van der Waals surface area contributed by atoms with Crippen LogP contribution < -0.4 is 21.1 Å². The van der Waals surface area contributed by atoms with Crippen molar-refractivity contribution in [1.82, 2.24) is 10.6 Å². The number of hydrogen-bond acceptors (Lipinski definition) is 7. The summed E-state index contributed by atoms with van der Waals surface area (Å²) in [7, 11) is 0. The summed E-state index contributed by atoms with van der Waals surface area (Å²) in [5, 5.41) is 13.5. The smallest absolute Gasteiger partial charge is 0.326 e. The number of amides is 3. The quantitative estimate of drug-likeness (QED) is 0.443. The van der Waals surface area contributed by atoms with E-state index in [1.54, 1.807) is 54.6 Å². The van der Waals surface area contributed by atoms with Crippen molar-refractivity contribution in [2.45, 2.75) is 25.4 Å². The summed E-state index contributed by atoms with van der Waals surface area (Å²) < 4.78 is 5.78. The Morgan fingerprint density at radius 1 is 1.12 bits per heavy atom. The third kappa shape index (κ3) is 6.19. The molecular formula is C22H21N3O6S. The van der Waals surface area contributed by atoms with E-state index in [2.05, 4.69) is 10.6 Å². The SMILES string of the molecule is CC(N)C(=O)NC(Cc1ccc(Oc2ccc(/C=C3/SC(=O)NC3=O)cc2)cc1)C(=O)O. The zero-order valence-corrected chi connectivity index (χ0v) is 17.8. The van der Waals surface area contributed by atoms with E-state index in [-0.39, 0.29) is 6.42 Å². The van der Waals surface area contributed by atoms with Crippen LogP contribution in [-0.4, -0.2) is 40.2 Å². The van der Waals surface area contributed by atoms with Gasteiger partial charge < -0.3 is 20.9 Å². The molecule has 0 bridgehead atoms. The first-order valence-corrected chi connectivity index (χ1v) is 10.4. The Bertz CT molecular complexity index is 1060. The molecule has 32 heavy (non-hydrogen) atoms. The first-order valence-electron chi connectivity index (χ1n) is 9.62. The third-order valence-corrected chi connectivity index (χ3v) is 5.26. The molecule has 2 aromatic rings. The number of nitrogens with one attached hydrogen (secondary N) is 2. The van der Waals surface area contributed by atoms with Crippen LogP contribution in [0, 0.1) is 0 Å². The highest BCUT2D eigenvalue weighted by Gasteiger charge is 2.25. The minimum Gasteiger partial charge on any atom is -0.480 e. The number of carboxylic acid groups (broad SMARTS) is 1. The van der Waals surface area contributed by atoms with Gasteiger partial charge in [-0.2, -0.15) is 0 Å². The second-order valence-electron chi connectivity index (χ2n) is 7.06. The highest BCUT2D eigenvalue weighted by molar-refractivity contribution is 8.18. The number of benzene rings is 2. The molecule has 10 heteroatoms. The predicted molar refractivity (Wildman–Crippen MR) is 119 cm³/mol. The maximum atomic E-state index is 11.7. The number of carbonyl (C=O) groups is 4. The Balaban J connectivity index is 1.61. The monoisotopic (exact) mass is 455 g/mol. The van der Waals surface area contributed by atoms with Crippen molar-refractivity contribution in [3.63, 3.8) is 0 Å². The van der Waals surface area contributed by atoms with Crippen molar-refractivity contribution in [2.75, 3.05) is 0 Å². The summed E-state index contributed by atoms with van der Waals surface area (Å²) >= 11 is 0.851. The number of carboxylic acids is 1. The fourth-order valence-electron chi connectivity index (χ4n) is 2.77. The molecular weight excluding hydrogens is 434 g/mol. The van der Waals surface area contributed by atoms with Crippen LogP contribution in [0.5, 0.6) is 11.5 Å². The van der Waals surface area contributed by atoms with Gasteiger partial charge in [-0.05, 0) is 60.2 Å². The molecule has 5 N–H and O–H groups in total. The molecule has 1 saturated heterocycles. The average molecular weight is 455 g/mol. The summed E-state index contributed by atoms with van der Waals surface area (Å²) in [6, 6.07) is 11.9. The van der Waals surface area contributed by atoms with Crippen molar-refractivity contribution >= 4 is 40.9 Å². The van der Waals surface area contributed by atoms with Crippen LogP contribution in [0.15, 0.2) is 53.4 Å². The van der Waals surface area contributed by atoms with Crippen molar-refractivity contribution in [1.29, 1.82) is 0 Å². The molecule has 0 radical (unpaired) electrons. The van der Waals surface area contributed by atoms with Gasteiger partial charge in [0.15, 0.2) is 0 Å². The highest BCUT2D eigenvalue weighted by atomic mass is 32.2. The summed E-state index contributed by atoms with van der Waals surface area (Å²) in [5.41, 5.74) is 6.93. The Hall–Kier alpha value is -3.63. The van der Waals surface area contributed by atoms with Crippen LogP contribution in [0.3, 0.4) is 0 Å². The number of aliphatic carboxylic acids is 1. The first-order chi connectivity index (χ1) is 15.2. The van der Waals surface area contributed by atoms with Crippen molar-refractivity contribution in [3.8, 4) is 11.5 Å². The average Bonchev–Trinajstić information content (AvgIpc) is 3.06. The molecule has 3 amide bonds. The Morgan fingerprint density at radius 2 is 1.72 bits per heavy atom. The molecule has 2 aromatic carbocycles. The van der Waals surface area contributed by atoms with Crippen molar-refractivity contribution in [3.05, 3.63) is 64.6 Å². The van der Waals surface area contributed by atoms with E-state index in [0.29, 0.717) is 22.0 Å². The second kappa shape index (κ2) is 10.1. The van der Waals surface area contributed by atoms with E-state index in [9.17, 15) is 24.3 Å². The number of ether oxygens (including phenoxy) is 1. The zero-order chi connectivity index (χ0) is 23.3. The van der Waals surface area contributed by atoms with Gasteiger partial charge in [0.05, 0.1) is 10.9 Å². The molecule has 2 unspecified atom stereocenters. The number of hydrogen-bond donors (Lipinski definition) is 4. The third-order valence-electron chi connectivity index (χ3n) is 4.45.